The fourth-order valence-corrected chi connectivity index (χ4v) is 4.93. The number of carbonyl (C=O) groups is 3. The molecule has 1 fully saturated rings. The van der Waals surface area contributed by atoms with Crippen molar-refractivity contribution in [3.63, 3.8) is 0 Å². The molecule has 3 aromatic carbocycles. The maximum Gasteiger partial charge on any atom is 0.415 e. The molecule has 1 heterocycles. The van der Waals surface area contributed by atoms with Gasteiger partial charge in [0.05, 0.1) is 0 Å². The molecule has 0 saturated carbocycles. The number of likely N-dealkylation sites (tertiary alicyclic amines) is 1. The average Bonchev–Trinajstić information content (AvgIpc) is 3.34. The number of thioether (sulfide) groups is 1. The van der Waals surface area contributed by atoms with Crippen LogP contribution in [0.4, 0.5) is 9.18 Å². The minimum Gasteiger partial charge on any atom is -0.478 e. The van der Waals surface area contributed by atoms with Crippen molar-refractivity contribution in [1.29, 1.82) is 0 Å². The number of nitrogens with zero attached hydrogens (tertiary/aromatic N) is 1. The molecule has 3 aromatic rings. The molecular formula is C30H30FNO6S. The van der Waals surface area contributed by atoms with Crippen LogP contribution < -0.4 is 9.47 Å². The quantitative estimate of drug-likeness (QED) is 0.259. The van der Waals surface area contributed by atoms with E-state index in [4.69, 9.17) is 9.47 Å². The van der Waals surface area contributed by atoms with E-state index >= 15 is 0 Å². The zero-order valence-corrected chi connectivity index (χ0v) is 22.7. The Hall–Kier alpha value is -3.85. The van der Waals surface area contributed by atoms with Crippen LogP contribution in [0.1, 0.15) is 29.8 Å². The maximum atomic E-state index is 14.9. The van der Waals surface area contributed by atoms with E-state index in [2.05, 4.69) is 0 Å². The zero-order chi connectivity index (χ0) is 28.2. The smallest absolute Gasteiger partial charge is 0.415 e. The van der Waals surface area contributed by atoms with E-state index in [0.29, 0.717) is 23.3 Å². The fraction of sp³-hybridized carbons (Fsp3) is 0.300. The van der Waals surface area contributed by atoms with Gasteiger partial charge in [-0.2, -0.15) is 0 Å². The number of hydrogen-bond donors (Lipinski definition) is 1. The Kier molecular flexibility index (Phi) is 8.60. The van der Waals surface area contributed by atoms with Gasteiger partial charge < -0.3 is 19.5 Å². The third-order valence-corrected chi connectivity index (χ3v) is 7.48. The van der Waals surface area contributed by atoms with Crippen molar-refractivity contribution in [2.24, 2.45) is 11.8 Å². The number of benzene rings is 3. The first-order valence-corrected chi connectivity index (χ1v) is 13.7. The van der Waals surface area contributed by atoms with Gasteiger partial charge in [-0.05, 0) is 74.4 Å². The SMILES string of the molecule is CSc1ccc(C(=O)C2CN(C(=O)Oc3ccccc3)CC2Cc2ccc(OC(C)(C)C(=O)O)c(F)c2)cc1. The van der Waals surface area contributed by atoms with E-state index in [1.54, 1.807) is 54.2 Å². The number of aliphatic carboxylic acids is 1. The molecule has 1 amide bonds. The summed E-state index contributed by atoms with van der Waals surface area (Å²) in [6.45, 7) is 3.12. The number of halogens is 1. The summed E-state index contributed by atoms with van der Waals surface area (Å²) in [5.41, 5.74) is -0.449. The zero-order valence-electron chi connectivity index (χ0n) is 21.9. The molecule has 0 radical (unpaired) electrons. The maximum absolute atomic E-state index is 14.9. The van der Waals surface area contributed by atoms with Crippen LogP contribution in [0.3, 0.4) is 0 Å². The lowest BCUT2D eigenvalue weighted by Gasteiger charge is -2.22. The van der Waals surface area contributed by atoms with Crippen LogP contribution in [0.2, 0.25) is 0 Å². The van der Waals surface area contributed by atoms with Gasteiger partial charge in [-0.15, -0.1) is 11.8 Å². The normalized spacial score (nSPS) is 17.1. The van der Waals surface area contributed by atoms with Gasteiger partial charge in [-0.25, -0.2) is 14.0 Å². The second-order valence-electron chi connectivity index (χ2n) is 9.93. The Bertz CT molecular complexity index is 1350. The summed E-state index contributed by atoms with van der Waals surface area (Å²) in [5, 5.41) is 9.28. The van der Waals surface area contributed by atoms with Gasteiger partial charge in [0.25, 0.3) is 0 Å². The standard InChI is InChI=1S/C30H30FNO6S/c1-30(2,28(34)35)38-26-14-9-19(16-25(26)31)15-21-17-32(29(36)37-22-7-5-4-6-8-22)18-24(21)27(33)20-10-12-23(39-3)13-11-20/h4-14,16,21,24H,15,17-18H2,1-3H3,(H,34,35). The summed E-state index contributed by atoms with van der Waals surface area (Å²) in [4.78, 5) is 40.4. The van der Waals surface area contributed by atoms with Crippen molar-refractivity contribution in [3.8, 4) is 11.5 Å². The van der Waals surface area contributed by atoms with E-state index in [1.165, 1.54) is 30.9 Å². The number of carbonyl (C=O) groups excluding carboxylic acids is 2. The Morgan fingerprint density at radius 3 is 2.33 bits per heavy atom. The molecule has 0 bridgehead atoms. The van der Waals surface area contributed by atoms with Crippen LogP contribution in [-0.4, -0.2) is 52.8 Å². The molecule has 39 heavy (non-hydrogen) atoms. The van der Waals surface area contributed by atoms with Crippen LogP contribution in [0, 0.1) is 17.7 Å². The molecule has 1 aliphatic heterocycles. The van der Waals surface area contributed by atoms with Gasteiger partial charge in [-0.1, -0.05) is 36.4 Å². The minimum absolute atomic E-state index is 0.0914. The summed E-state index contributed by atoms with van der Waals surface area (Å²) < 4.78 is 25.8. The van der Waals surface area contributed by atoms with Crippen LogP contribution in [-0.2, 0) is 11.2 Å². The van der Waals surface area contributed by atoms with Crippen molar-refractivity contribution in [3.05, 3.63) is 89.7 Å². The minimum atomic E-state index is -1.60. The molecule has 1 N–H and O–H groups in total. The molecule has 9 heteroatoms. The summed E-state index contributed by atoms with van der Waals surface area (Å²) in [5.74, 6) is -2.58. The van der Waals surface area contributed by atoms with Crippen LogP contribution in [0.5, 0.6) is 11.5 Å². The van der Waals surface area contributed by atoms with Gasteiger partial charge in [0.1, 0.15) is 5.75 Å². The van der Waals surface area contributed by atoms with Crippen molar-refractivity contribution < 1.29 is 33.4 Å². The Balaban J connectivity index is 1.55. The number of ether oxygens (including phenoxy) is 2. The molecular weight excluding hydrogens is 521 g/mol. The summed E-state index contributed by atoms with van der Waals surface area (Å²) >= 11 is 1.58. The Morgan fingerprint density at radius 1 is 1.03 bits per heavy atom. The van der Waals surface area contributed by atoms with E-state index in [-0.39, 0.29) is 30.5 Å². The lowest BCUT2D eigenvalue weighted by molar-refractivity contribution is -0.152. The first-order valence-electron chi connectivity index (χ1n) is 12.5. The number of para-hydroxylation sites is 1. The van der Waals surface area contributed by atoms with Gasteiger partial charge in [0, 0.05) is 29.5 Å². The molecule has 204 valence electrons. The molecule has 2 unspecified atom stereocenters. The van der Waals surface area contributed by atoms with Crippen LogP contribution in [0.15, 0.2) is 77.7 Å². The number of hydrogen-bond acceptors (Lipinski definition) is 6. The monoisotopic (exact) mass is 551 g/mol. The van der Waals surface area contributed by atoms with Gasteiger partial charge >= 0.3 is 12.1 Å². The van der Waals surface area contributed by atoms with Crippen molar-refractivity contribution >= 4 is 29.6 Å². The summed E-state index contributed by atoms with van der Waals surface area (Å²) in [6, 6.07) is 20.4. The Labute approximate surface area is 230 Å². The van der Waals surface area contributed by atoms with E-state index in [0.717, 1.165) is 4.90 Å². The first kappa shape index (κ1) is 28.2. The second-order valence-corrected chi connectivity index (χ2v) is 10.8. The second kappa shape index (κ2) is 11.9. The van der Waals surface area contributed by atoms with Crippen molar-refractivity contribution in [2.45, 2.75) is 30.8 Å². The molecule has 2 atom stereocenters. The summed E-state index contributed by atoms with van der Waals surface area (Å²) in [7, 11) is 0. The molecule has 7 nitrogen and oxygen atoms in total. The van der Waals surface area contributed by atoms with Crippen LogP contribution >= 0.6 is 11.8 Å². The van der Waals surface area contributed by atoms with Gasteiger partial charge in [-0.3, -0.25) is 4.79 Å². The average molecular weight is 552 g/mol. The van der Waals surface area contributed by atoms with Crippen LogP contribution in [0.25, 0.3) is 0 Å². The molecule has 1 saturated heterocycles. The number of carboxylic acids is 1. The largest absolute Gasteiger partial charge is 0.478 e. The Morgan fingerprint density at radius 2 is 1.72 bits per heavy atom. The van der Waals surface area contributed by atoms with Gasteiger partial charge in [0.2, 0.25) is 0 Å². The highest BCUT2D eigenvalue weighted by Gasteiger charge is 2.40. The topological polar surface area (TPSA) is 93.1 Å². The first-order chi connectivity index (χ1) is 18.6. The highest BCUT2D eigenvalue weighted by atomic mass is 32.2. The number of amides is 1. The van der Waals surface area contributed by atoms with Gasteiger partial charge in [0.15, 0.2) is 23.0 Å². The lowest BCUT2D eigenvalue weighted by atomic mass is 9.84. The predicted octanol–water partition coefficient (Wildman–Crippen LogP) is 5.96. The number of rotatable bonds is 9. The van der Waals surface area contributed by atoms with Crippen molar-refractivity contribution in [2.75, 3.05) is 19.3 Å². The summed E-state index contributed by atoms with van der Waals surface area (Å²) in [6.07, 6.45) is 1.73. The highest BCUT2D eigenvalue weighted by molar-refractivity contribution is 7.98. The highest BCUT2D eigenvalue weighted by Crippen LogP contribution is 2.32. The number of carboxylic acid groups (broad SMARTS) is 1. The van der Waals surface area contributed by atoms with E-state index < -0.39 is 29.4 Å². The fourth-order valence-electron chi connectivity index (χ4n) is 4.52. The third kappa shape index (κ3) is 6.78. The van der Waals surface area contributed by atoms with Crippen molar-refractivity contribution in [1.82, 2.24) is 4.90 Å². The molecule has 0 spiro atoms. The lowest BCUT2D eigenvalue weighted by Crippen LogP contribution is -2.38. The predicted molar refractivity (Wildman–Crippen MR) is 146 cm³/mol. The molecule has 1 aliphatic rings. The third-order valence-electron chi connectivity index (χ3n) is 6.73. The number of Topliss-reactive ketones (excluding diaryl/α,β-unsaturated/α-hetero) is 1. The molecule has 0 aromatic heterocycles. The van der Waals surface area contributed by atoms with E-state index in [1.807, 2.05) is 24.5 Å². The molecule has 0 aliphatic carbocycles. The molecule has 4 rings (SSSR count). The number of ketones is 1. The van der Waals surface area contributed by atoms with E-state index in [9.17, 15) is 23.9 Å².